The van der Waals surface area contributed by atoms with Crippen molar-refractivity contribution in [1.29, 1.82) is 0 Å². The highest BCUT2D eigenvalue weighted by molar-refractivity contribution is 7.19. The zero-order chi connectivity index (χ0) is 11.0. The van der Waals surface area contributed by atoms with Crippen LogP contribution in [-0.4, -0.2) is 7.38 Å². The normalized spacial score (nSPS) is 30.4. The molecule has 1 fully saturated rings. The average molecular weight is 233 g/mol. The summed E-state index contributed by atoms with van der Waals surface area (Å²) in [5, 5.41) is 0. The Kier molecular flexibility index (Phi) is 3.75. The van der Waals surface area contributed by atoms with Gasteiger partial charge in [0.25, 0.3) is 0 Å². The first-order chi connectivity index (χ1) is 6.21. The monoisotopic (exact) mass is 232 g/mol. The number of halogens is 1. The van der Waals surface area contributed by atoms with Gasteiger partial charge in [-0.25, -0.2) is 0 Å². The lowest BCUT2D eigenvalue weighted by molar-refractivity contribution is 0.179. The molecule has 0 amide bonds. The predicted octanol–water partition coefficient (Wildman–Crippen LogP) is 5.04. The van der Waals surface area contributed by atoms with Crippen LogP contribution in [0.25, 0.3) is 0 Å². The topological polar surface area (TPSA) is 0 Å². The molecule has 0 aromatic carbocycles. The van der Waals surface area contributed by atoms with Crippen LogP contribution in [-0.2, 0) is 0 Å². The van der Waals surface area contributed by atoms with Crippen molar-refractivity contribution >= 4 is 18.5 Å². The fourth-order valence-electron chi connectivity index (χ4n) is 2.65. The maximum absolute atomic E-state index is 6.51. The average Bonchev–Trinajstić information content (AvgIpc) is 2.01. The van der Waals surface area contributed by atoms with E-state index in [-0.39, 0.29) is 0 Å². The summed E-state index contributed by atoms with van der Waals surface area (Å²) in [5.41, 5.74) is 1.37. The fourth-order valence-corrected chi connectivity index (χ4v) is 5.01. The number of hydrogen-bond acceptors (Lipinski definition) is 0. The zero-order valence-electron chi connectivity index (χ0n) is 10.4. The van der Waals surface area contributed by atoms with Gasteiger partial charge in [0.05, 0.1) is 0 Å². The fraction of sp³-hybridized carbons (Fsp3) is 1.00. The lowest BCUT2D eigenvalue weighted by Crippen LogP contribution is -2.32. The summed E-state index contributed by atoms with van der Waals surface area (Å²) < 4.78 is 0. The number of hydrogen-bond donors (Lipinski definition) is 0. The maximum Gasteiger partial charge on any atom is 0.153 e. The van der Waals surface area contributed by atoms with Gasteiger partial charge < -0.3 is 0 Å². The van der Waals surface area contributed by atoms with E-state index in [4.69, 9.17) is 11.1 Å². The molecule has 0 aromatic heterocycles. The molecule has 1 rings (SSSR count). The SMILES string of the molecule is CC(C)(C)C1CCC([Si](C)(C)Cl)CC1. The Bertz CT molecular complexity index is 157. The van der Waals surface area contributed by atoms with Crippen molar-refractivity contribution in [2.75, 3.05) is 0 Å². The molecule has 0 atom stereocenters. The second-order valence-electron chi connectivity index (χ2n) is 6.48. The Hall–Kier alpha value is 0.507. The van der Waals surface area contributed by atoms with E-state index >= 15 is 0 Å². The van der Waals surface area contributed by atoms with Crippen LogP contribution < -0.4 is 0 Å². The van der Waals surface area contributed by atoms with Crippen LogP contribution in [0.2, 0.25) is 18.6 Å². The van der Waals surface area contributed by atoms with Crippen molar-refractivity contribution in [2.45, 2.75) is 65.1 Å². The Morgan fingerprint density at radius 2 is 1.43 bits per heavy atom. The molecule has 0 saturated heterocycles. The minimum Gasteiger partial charge on any atom is -0.167 e. The molecule has 14 heavy (non-hydrogen) atoms. The molecule has 84 valence electrons. The molecule has 0 aliphatic heterocycles. The molecule has 1 aliphatic carbocycles. The van der Waals surface area contributed by atoms with Gasteiger partial charge in [0.2, 0.25) is 0 Å². The second kappa shape index (κ2) is 4.17. The van der Waals surface area contributed by atoms with Crippen LogP contribution in [0, 0.1) is 11.3 Å². The third kappa shape index (κ3) is 3.27. The van der Waals surface area contributed by atoms with Gasteiger partial charge in [-0.05, 0) is 29.7 Å². The zero-order valence-corrected chi connectivity index (χ0v) is 12.1. The Balaban J connectivity index is 2.47. The Morgan fingerprint density at radius 1 is 1.00 bits per heavy atom. The van der Waals surface area contributed by atoms with Gasteiger partial charge in [-0.15, -0.1) is 0 Å². The van der Waals surface area contributed by atoms with E-state index in [1.807, 2.05) is 0 Å². The quantitative estimate of drug-likeness (QED) is 0.439. The van der Waals surface area contributed by atoms with Crippen molar-refractivity contribution in [3.63, 3.8) is 0 Å². The minimum absolute atomic E-state index is 0.503. The van der Waals surface area contributed by atoms with Crippen LogP contribution in [0.15, 0.2) is 0 Å². The van der Waals surface area contributed by atoms with Crippen LogP contribution in [0.1, 0.15) is 46.5 Å². The first-order valence-corrected chi connectivity index (χ1v) is 9.99. The van der Waals surface area contributed by atoms with Gasteiger partial charge in [-0.3, -0.25) is 0 Å². The van der Waals surface area contributed by atoms with Gasteiger partial charge in [-0.2, -0.15) is 11.1 Å². The first-order valence-electron chi connectivity index (χ1n) is 5.90. The largest absolute Gasteiger partial charge is 0.167 e. The third-order valence-corrected chi connectivity index (χ3v) is 7.37. The van der Waals surface area contributed by atoms with Crippen molar-refractivity contribution < 1.29 is 0 Å². The first kappa shape index (κ1) is 12.6. The molecule has 2 heteroatoms. The van der Waals surface area contributed by atoms with E-state index < -0.39 is 7.38 Å². The van der Waals surface area contributed by atoms with Gasteiger partial charge in [0.15, 0.2) is 7.38 Å². The summed E-state index contributed by atoms with van der Waals surface area (Å²) in [6.07, 6.45) is 5.56. The van der Waals surface area contributed by atoms with E-state index in [1.165, 1.54) is 25.7 Å². The molecular formula is C12H25ClSi. The molecule has 0 heterocycles. The van der Waals surface area contributed by atoms with E-state index in [1.54, 1.807) is 0 Å². The standard InChI is InChI=1S/C12H25ClSi/c1-12(2,3)10-6-8-11(9-7-10)14(4,5)13/h10-11H,6-9H2,1-5H3. The Morgan fingerprint density at radius 3 is 1.71 bits per heavy atom. The summed E-state index contributed by atoms with van der Waals surface area (Å²) in [7, 11) is -1.37. The molecule has 0 radical (unpaired) electrons. The molecule has 0 aromatic rings. The van der Waals surface area contributed by atoms with E-state index in [2.05, 4.69) is 33.9 Å². The summed E-state index contributed by atoms with van der Waals surface area (Å²) in [6, 6.07) is 0. The van der Waals surface area contributed by atoms with Crippen LogP contribution >= 0.6 is 11.1 Å². The summed E-state index contributed by atoms with van der Waals surface area (Å²) >= 11 is 6.51. The smallest absolute Gasteiger partial charge is 0.153 e. The second-order valence-corrected chi connectivity index (χ2v) is 13.3. The van der Waals surface area contributed by atoms with Crippen molar-refractivity contribution in [2.24, 2.45) is 11.3 Å². The van der Waals surface area contributed by atoms with Gasteiger partial charge in [0.1, 0.15) is 0 Å². The van der Waals surface area contributed by atoms with Gasteiger partial charge in [0, 0.05) is 0 Å². The van der Waals surface area contributed by atoms with Crippen LogP contribution in [0.4, 0.5) is 0 Å². The molecule has 0 spiro atoms. The predicted molar refractivity (Wildman–Crippen MR) is 68.5 cm³/mol. The maximum atomic E-state index is 6.51. The van der Waals surface area contributed by atoms with Crippen molar-refractivity contribution in [3.8, 4) is 0 Å². The van der Waals surface area contributed by atoms with Crippen LogP contribution in [0.5, 0.6) is 0 Å². The highest BCUT2D eigenvalue weighted by Gasteiger charge is 2.36. The van der Waals surface area contributed by atoms with Gasteiger partial charge >= 0.3 is 0 Å². The summed E-state index contributed by atoms with van der Waals surface area (Å²) in [4.78, 5) is 0. The Labute approximate surface area is 95.1 Å². The van der Waals surface area contributed by atoms with E-state index in [0.29, 0.717) is 5.41 Å². The lowest BCUT2D eigenvalue weighted by atomic mass is 9.72. The lowest BCUT2D eigenvalue weighted by Gasteiger charge is -2.39. The molecule has 0 nitrogen and oxygen atoms in total. The molecule has 1 saturated carbocycles. The highest BCUT2D eigenvalue weighted by atomic mass is 35.6. The van der Waals surface area contributed by atoms with E-state index in [0.717, 1.165) is 11.5 Å². The molecule has 0 bridgehead atoms. The van der Waals surface area contributed by atoms with Crippen LogP contribution in [0.3, 0.4) is 0 Å². The molecule has 0 N–H and O–H groups in total. The molecular weight excluding hydrogens is 208 g/mol. The minimum atomic E-state index is -1.37. The molecule has 1 aliphatic rings. The van der Waals surface area contributed by atoms with Crippen molar-refractivity contribution in [3.05, 3.63) is 0 Å². The third-order valence-electron chi connectivity index (χ3n) is 3.92. The summed E-state index contributed by atoms with van der Waals surface area (Å²) in [5.74, 6) is 0.923. The van der Waals surface area contributed by atoms with E-state index in [9.17, 15) is 0 Å². The summed E-state index contributed by atoms with van der Waals surface area (Å²) in [6.45, 7) is 11.7. The highest BCUT2D eigenvalue weighted by Crippen LogP contribution is 2.46. The number of rotatable bonds is 1. The van der Waals surface area contributed by atoms with Crippen molar-refractivity contribution in [1.82, 2.24) is 0 Å². The molecule has 0 unspecified atom stereocenters. The van der Waals surface area contributed by atoms with Gasteiger partial charge in [-0.1, -0.05) is 46.7 Å².